The topological polar surface area (TPSA) is 93.1 Å². The summed E-state index contributed by atoms with van der Waals surface area (Å²) in [5.41, 5.74) is 7.29. The van der Waals surface area contributed by atoms with Gasteiger partial charge in [-0.3, -0.25) is 14.4 Å². The zero-order valence-electron chi connectivity index (χ0n) is 22.8. The van der Waals surface area contributed by atoms with Crippen LogP contribution in [-0.4, -0.2) is 64.6 Å². The van der Waals surface area contributed by atoms with Gasteiger partial charge in [0.15, 0.2) is 6.29 Å². The maximum Gasteiger partial charge on any atom is 0.274 e. The summed E-state index contributed by atoms with van der Waals surface area (Å²) in [6.45, 7) is 5.76. The maximum absolute atomic E-state index is 12.8. The molecular formula is C30H36N4O5. The number of hydrogen-bond acceptors (Lipinski definition) is 5. The second-order valence-corrected chi connectivity index (χ2v) is 10.0. The first-order valence-corrected chi connectivity index (χ1v) is 13.8. The molecule has 2 unspecified atom stereocenters. The van der Waals surface area contributed by atoms with Crippen LogP contribution in [-0.2, 0) is 38.7 Å². The Hall–Kier alpha value is -3.69. The smallest absolute Gasteiger partial charge is 0.274 e. The van der Waals surface area contributed by atoms with Crippen LogP contribution in [0.2, 0.25) is 0 Å². The molecule has 3 amide bonds. The molecule has 2 aromatic carbocycles. The molecule has 3 aliphatic rings. The molecule has 206 valence electrons. The van der Waals surface area contributed by atoms with Gasteiger partial charge in [-0.15, -0.1) is 0 Å². The number of aromatic nitrogens is 1. The van der Waals surface area contributed by atoms with E-state index in [1.54, 1.807) is 24.1 Å². The fourth-order valence-corrected chi connectivity index (χ4v) is 5.63. The molecule has 0 spiro atoms. The molecule has 0 bridgehead atoms. The molecule has 1 aromatic heterocycles. The van der Waals surface area contributed by atoms with Crippen molar-refractivity contribution in [2.45, 2.75) is 65.0 Å². The minimum absolute atomic E-state index is 0.00465. The van der Waals surface area contributed by atoms with Gasteiger partial charge in [0.1, 0.15) is 6.04 Å². The second-order valence-electron chi connectivity index (χ2n) is 10.0. The van der Waals surface area contributed by atoms with Gasteiger partial charge in [0.25, 0.3) is 5.91 Å². The number of ether oxygens (including phenoxy) is 1. The normalized spacial score (nSPS) is 20.7. The first-order valence-electron chi connectivity index (χ1n) is 13.8. The van der Waals surface area contributed by atoms with Crippen molar-refractivity contribution in [2.24, 2.45) is 0 Å². The van der Waals surface area contributed by atoms with Gasteiger partial charge >= 0.3 is 0 Å². The molecule has 3 aliphatic heterocycles. The van der Waals surface area contributed by atoms with Crippen LogP contribution in [0.3, 0.4) is 0 Å². The third-order valence-electron chi connectivity index (χ3n) is 7.62. The Morgan fingerprint density at radius 1 is 1.05 bits per heavy atom. The van der Waals surface area contributed by atoms with Gasteiger partial charge in [-0.1, -0.05) is 44.2 Å². The minimum atomic E-state index is -0.447. The molecule has 3 aromatic rings. The zero-order valence-corrected chi connectivity index (χ0v) is 22.8. The van der Waals surface area contributed by atoms with Crippen molar-refractivity contribution < 1.29 is 24.0 Å². The monoisotopic (exact) mass is 532 g/mol. The number of carbonyl (C=O) groups excluding carboxylic acids is 3. The number of carbonyl (C=O) groups is 3. The lowest BCUT2D eigenvalue weighted by atomic mass is 9.94. The number of hydroxylamine groups is 1. The molecule has 0 radical (unpaired) electrons. The average molecular weight is 533 g/mol. The predicted octanol–water partition coefficient (Wildman–Crippen LogP) is 3.63. The predicted molar refractivity (Wildman–Crippen MR) is 147 cm³/mol. The van der Waals surface area contributed by atoms with E-state index in [0.29, 0.717) is 31.7 Å². The quantitative estimate of drug-likeness (QED) is 0.507. The average Bonchev–Trinajstić information content (AvgIpc) is 3.28. The van der Waals surface area contributed by atoms with Crippen molar-refractivity contribution in [3.05, 3.63) is 70.9 Å². The van der Waals surface area contributed by atoms with Crippen LogP contribution in [0.1, 0.15) is 60.3 Å². The molecule has 2 atom stereocenters. The molecule has 6 rings (SSSR count). The lowest BCUT2D eigenvalue weighted by molar-refractivity contribution is -0.186. The number of fused-ring (bicyclic) bond motifs is 4. The lowest BCUT2D eigenvalue weighted by Crippen LogP contribution is -2.60. The largest absolute Gasteiger partial charge is 0.350 e. The lowest BCUT2D eigenvalue weighted by Gasteiger charge is -2.41. The van der Waals surface area contributed by atoms with Gasteiger partial charge in [-0.25, -0.2) is 10.3 Å². The highest BCUT2D eigenvalue weighted by molar-refractivity contribution is 5.97. The van der Waals surface area contributed by atoms with Crippen molar-refractivity contribution in [1.29, 1.82) is 0 Å². The molecule has 2 fully saturated rings. The summed E-state index contributed by atoms with van der Waals surface area (Å²) in [7, 11) is 1.69. The van der Waals surface area contributed by atoms with Crippen LogP contribution in [0.5, 0.6) is 0 Å². The van der Waals surface area contributed by atoms with E-state index in [4.69, 9.17) is 9.57 Å². The number of likely N-dealkylation sites (N-methyl/N-ethyl adjacent to an activating group) is 1. The van der Waals surface area contributed by atoms with Crippen LogP contribution in [0, 0.1) is 0 Å². The summed E-state index contributed by atoms with van der Waals surface area (Å²) in [5.74, 6) is -0.338. The van der Waals surface area contributed by atoms with E-state index in [9.17, 15) is 14.4 Å². The van der Waals surface area contributed by atoms with Gasteiger partial charge in [0.05, 0.1) is 13.1 Å². The highest BCUT2D eigenvalue weighted by Gasteiger charge is 2.42. The van der Waals surface area contributed by atoms with Crippen molar-refractivity contribution in [3.63, 3.8) is 0 Å². The zero-order chi connectivity index (χ0) is 27.5. The fraction of sp³-hybridized carbons (Fsp3) is 0.433. The van der Waals surface area contributed by atoms with Gasteiger partial charge in [0.2, 0.25) is 11.8 Å². The maximum atomic E-state index is 12.8. The number of para-hydroxylation sites is 1. The Labute approximate surface area is 228 Å². The molecular weight excluding hydrogens is 496 g/mol. The number of rotatable bonds is 5. The van der Waals surface area contributed by atoms with E-state index in [0.717, 1.165) is 47.0 Å². The number of amides is 3. The number of benzene rings is 2. The minimum Gasteiger partial charge on any atom is -0.350 e. The summed E-state index contributed by atoms with van der Waals surface area (Å²) in [5, 5.41) is 1.11. The standard InChI is InChI=1S/C28H30N4O5.C2H6/c1-30-17-25(33)32-16-24-21(14-23(32)28(30)35)20-6-2-3-7-22(20)31(24)15-18-9-11-19(12-10-18)27(34)29-37-26-8-4-5-13-36-26;1-2/h2-3,6-7,9-12,23,26H,4-5,8,13-17H2,1H3,(H,29,34);1-2H3. The van der Waals surface area contributed by atoms with E-state index in [1.807, 2.05) is 38.1 Å². The van der Waals surface area contributed by atoms with Gasteiger partial charge < -0.3 is 19.1 Å². The molecule has 4 heterocycles. The first kappa shape index (κ1) is 26.9. The fourth-order valence-electron chi connectivity index (χ4n) is 5.63. The van der Waals surface area contributed by atoms with Crippen LogP contribution in [0.25, 0.3) is 10.9 Å². The molecule has 9 heteroatoms. The van der Waals surface area contributed by atoms with Crippen molar-refractivity contribution in [2.75, 3.05) is 20.2 Å². The molecule has 39 heavy (non-hydrogen) atoms. The summed E-state index contributed by atoms with van der Waals surface area (Å²) in [4.78, 5) is 46.8. The summed E-state index contributed by atoms with van der Waals surface area (Å²) in [6, 6.07) is 15.2. The molecule has 1 N–H and O–H groups in total. The van der Waals surface area contributed by atoms with Gasteiger partial charge in [-0.2, -0.15) is 0 Å². The Kier molecular flexibility index (Phi) is 7.99. The number of nitrogens with one attached hydrogen (secondary N) is 1. The summed E-state index contributed by atoms with van der Waals surface area (Å²) >= 11 is 0. The van der Waals surface area contributed by atoms with E-state index in [2.05, 4.69) is 22.2 Å². The molecule has 2 saturated heterocycles. The third kappa shape index (κ3) is 5.29. The molecule has 0 aliphatic carbocycles. The number of nitrogens with zero attached hydrogens (tertiary/aromatic N) is 3. The van der Waals surface area contributed by atoms with E-state index < -0.39 is 12.3 Å². The van der Waals surface area contributed by atoms with Crippen LogP contribution in [0.15, 0.2) is 48.5 Å². The highest BCUT2D eigenvalue weighted by atomic mass is 16.8. The Bertz CT molecular complexity index is 1360. The van der Waals surface area contributed by atoms with Crippen LogP contribution >= 0.6 is 0 Å². The summed E-state index contributed by atoms with van der Waals surface area (Å²) < 4.78 is 7.72. The van der Waals surface area contributed by atoms with E-state index in [1.165, 1.54) is 4.90 Å². The number of piperazine rings is 1. The van der Waals surface area contributed by atoms with Gasteiger partial charge in [0, 0.05) is 55.2 Å². The first-order chi connectivity index (χ1) is 19.0. The molecule has 0 saturated carbocycles. The Morgan fingerprint density at radius 2 is 1.82 bits per heavy atom. The highest BCUT2D eigenvalue weighted by Crippen LogP contribution is 2.35. The molecule has 9 nitrogen and oxygen atoms in total. The van der Waals surface area contributed by atoms with Crippen LogP contribution in [0.4, 0.5) is 0 Å². The third-order valence-corrected chi connectivity index (χ3v) is 7.62. The SMILES string of the molecule is CC.CN1CC(=O)N2Cc3c(c4ccccc4n3Cc3ccc(C(=O)NOC4CCCCO4)cc3)CC2C1=O. The van der Waals surface area contributed by atoms with Gasteiger partial charge in [-0.05, 0) is 42.2 Å². The Balaban J connectivity index is 0.00000151. The van der Waals surface area contributed by atoms with Crippen molar-refractivity contribution >= 4 is 28.6 Å². The van der Waals surface area contributed by atoms with Crippen LogP contribution < -0.4 is 5.48 Å². The number of hydrogen-bond donors (Lipinski definition) is 1. The summed E-state index contributed by atoms with van der Waals surface area (Å²) in [6.07, 6.45) is 2.92. The van der Waals surface area contributed by atoms with Crippen molar-refractivity contribution in [3.8, 4) is 0 Å². The Morgan fingerprint density at radius 3 is 2.56 bits per heavy atom. The van der Waals surface area contributed by atoms with E-state index >= 15 is 0 Å². The van der Waals surface area contributed by atoms with E-state index in [-0.39, 0.29) is 24.3 Å². The van der Waals surface area contributed by atoms with Crippen molar-refractivity contribution in [1.82, 2.24) is 19.8 Å². The second kappa shape index (κ2) is 11.6.